The van der Waals surface area contributed by atoms with Crippen molar-refractivity contribution in [3.8, 4) is 0 Å². The molecular formula is C20H30IN3O2S. The van der Waals surface area contributed by atoms with Gasteiger partial charge in [0.1, 0.15) is 0 Å². The van der Waals surface area contributed by atoms with Crippen molar-refractivity contribution in [3.05, 3.63) is 48.0 Å². The Morgan fingerprint density at radius 3 is 2.37 bits per heavy atom. The maximum absolute atomic E-state index is 12.2. The lowest BCUT2D eigenvalue weighted by molar-refractivity contribution is 0.558. The van der Waals surface area contributed by atoms with E-state index in [0.717, 1.165) is 0 Å². The number of hydrogen-bond acceptors (Lipinski definition) is 3. The van der Waals surface area contributed by atoms with Gasteiger partial charge >= 0.3 is 0 Å². The fourth-order valence-electron chi connectivity index (χ4n) is 2.72. The zero-order valence-corrected chi connectivity index (χ0v) is 19.8. The molecule has 0 saturated heterocycles. The lowest BCUT2D eigenvalue weighted by Crippen LogP contribution is -2.42. The van der Waals surface area contributed by atoms with Crippen LogP contribution in [-0.2, 0) is 9.84 Å². The molecule has 2 N–H and O–H groups in total. The second-order valence-electron chi connectivity index (χ2n) is 7.36. The molecule has 2 rings (SSSR count). The number of benzene rings is 2. The standard InChI is InChI=1S/C20H29N3O2S.HI/c1-15(17-12-8-10-16-9-6-7-11-18(16)17)23-19(21-5)22-13-14-26(24,25)20(2,3)4;/h6-12,15H,13-14H2,1-5H3,(H2,21,22,23);1H. The van der Waals surface area contributed by atoms with Gasteiger partial charge in [0, 0.05) is 13.6 Å². The molecule has 0 radical (unpaired) electrons. The SMILES string of the molecule is CN=C(NCCS(=O)(=O)C(C)(C)C)NC(C)c1cccc2ccccc12.I. The second kappa shape index (κ2) is 9.73. The number of halogens is 1. The Kier molecular flexibility index (Phi) is 8.53. The van der Waals surface area contributed by atoms with Crippen molar-refractivity contribution >= 4 is 50.5 Å². The van der Waals surface area contributed by atoms with Crippen molar-refractivity contribution in [1.29, 1.82) is 0 Å². The summed E-state index contributed by atoms with van der Waals surface area (Å²) in [5.74, 6) is 0.661. The maximum atomic E-state index is 12.2. The number of fused-ring (bicyclic) bond motifs is 1. The highest BCUT2D eigenvalue weighted by molar-refractivity contribution is 14.0. The Labute approximate surface area is 180 Å². The van der Waals surface area contributed by atoms with E-state index >= 15 is 0 Å². The van der Waals surface area contributed by atoms with E-state index in [0.29, 0.717) is 12.5 Å². The van der Waals surface area contributed by atoms with Crippen LogP contribution in [-0.4, -0.2) is 38.5 Å². The summed E-state index contributed by atoms with van der Waals surface area (Å²) in [6.45, 7) is 7.55. The number of aliphatic imine (C=N–C) groups is 1. The molecule has 0 spiro atoms. The monoisotopic (exact) mass is 503 g/mol. The first-order valence-electron chi connectivity index (χ1n) is 8.83. The fourth-order valence-corrected chi connectivity index (χ4v) is 3.70. The van der Waals surface area contributed by atoms with Crippen LogP contribution >= 0.6 is 24.0 Å². The van der Waals surface area contributed by atoms with Gasteiger partial charge in [-0.3, -0.25) is 4.99 Å². The minimum absolute atomic E-state index is 0. The molecule has 2 aromatic carbocycles. The molecule has 0 heterocycles. The van der Waals surface area contributed by atoms with Crippen molar-refractivity contribution in [2.45, 2.75) is 38.5 Å². The van der Waals surface area contributed by atoms with E-state index in [4.69, 9.17) is 0 Å². The first-order chi connectivity index (χ1) is 12.2. The number of hydrogen-bond donors (Lipinski definition) is 2. The Hall–Kier alpha value is -1.35. The van der Waals surface area contributed by atoms with Crippen molar-refractivity contribution in [1.82, 2.24) is 10.6 Å². The average Bonchev–Trinajstić information content (AvgIpc) is 2.59. The number of nitrogens with one attached hydrogen (secondary N) is 2. The van der Waals surface area contributed by atoms with Crippen LogP contribution < -0.4 is 10.6 Å². The van der Waals surface area contributed by atoms with Crippen molar-refractivity contribution in [2.75, 3.05) is 19.3 Å². The topological polar surface area (TPSA) is 70.6 Å². The summed E-state index contributed by atoms with van der Waals surface area (Å²) >= 11 is 0. The summed E-state index contributed by atoms with van der Waals surface area (Å²) in [7, 11) is -1.47. The Morgan fingerprint density at radius 2 is 1.74 bits per heavy atom. The summed E-state index contributed by atoms with van der Waals surface area (Å²) in [4.78, 5) is 4.21. The van der Waals surface area contributed by atoms with Crippen LogP contribution in [0.15, 0.2) is 47.5 Å². The summed E-state index contributed by atoms with van der Waals surface area (Å²) in [5.41, 5.74) is 1.17. The van der Waals surface area contributed by atoms with Gasteiger partial charge in [0.2, 0.25) is 0 Å². The minimum Gasteiger partial charge on any atom is -0.355 e. The van der Waals surface area contributed by atoms with Gasteiger partial charge in [-0.1, -0.05) is 42.5 Å². The van der Waals surface area contributed by atoms with Gasteiger partial charge in [-0.05, 0) is 44.0 Å². The molecule has 7 heteroatoms. The first-order valence-corrected chi connectivity index (χ1v) is 10.5. The highest BCUT2D eigenvalue weighted by Crippen LogP contribution is 2.23. The van der Waals surface area contributed by atoms with Gasteiger partial charge < -0.3 is 10.6 Å². The zero-order chi connectivity index (χ0) is 19.4. The molecule has 0 aromatic heterocycles. The van der Waals surface area contributed by atoms with E-state index in [9.17, 15) is 8.42 Å². The lowest BCUT2D eigenvalue weighted by Gasteiger charge is -2.22. The zero-order valence-electron chi connectivity index (χ0n) is 16.6. The fraction of sp³-hybridized carbons (Fsp3) is 0.450. The average molecular weight is 503 g/mol. The van der Waals surface area contributed by atoms with Crippen molar-refractivity contribution in [2.24, 2.45) is 4.99 Å². The van der Waals surface area contributed by atoms with Crippen LogP contribution in [0.1, 0.15) is 39.3 Å². The van der Waals surface area contributed by atoms with Crippen LogP contribution in [0, 0.1) is 0 Å². The molecule has 5 nitrogen and oxygen atoms in total. The molecule has 0 amide bonds. The van der Waals surface area contributed by atoms with E-state index in [1.165, 1.54) is 16.3 Å². The van der Waals surface area contributed by atoms with Gasteiger partial charge in [-0.15, -0.1) is 24.0 Å². The molecule has 2 aromatic rings. The van der Waals surface area contributed by atoms with Gasteiger partial charge in [0.15, 0.2) is 15.8 Å². The predicted molar refractivity (Wildman–Crippen MR) is 126 cm³/mol. The van der Waals surface area contributed by atoms with E-state index in [-0.39, 0.29) is 35.8 Å². The number of nitrogens with zero attached hydrogens (tertiary/aromatic N) is 1. The van der Waals surface area contributed by atoms with E-state index in [2.05, 4.69) is 46.8 Å². The molecule has 27 heavy (non-hydrogen) atoms. The van der Waals surface area contributed by atoms with Crippen LogP contribution in [0.5, 0.6) is 0 Å². The van der Waals surface area contributed by atoms with E-state index in [1.807, 2.05) is 18.2 Å². The number of rotatable bonds is 5. The maximum Gasteiger partial charge on any atom is 0.191 e. The van der Waals surface area contributed by atoms with Crippen LogP contribution in [0.4, 0.5) is 0 Å². The van der Waals surface area contributed by atoms with Crippen LogP contribution in [0.3, 0.4) is 0 Å². The third-order valence-electron chi connectivity index (χ3n) is 4.46. The molecule has 0 fully saturated rings. The molecule has 0 aliphatic heterocycles. The smallest absolute Gasteiger partial charge is 0.191 e. The van der Waals surface area contributed by atoms with Gasteiger partial charge in [0.25, 0.3) is 0 Å². The molecule has 0 aliphatic carbocycles. The molecule has 0 bridgehead atoms. The highest BCUT2D eigenvalue weighted by atomic mass is 127. The third-order valence-corrected chi connectivity index (χ3v) is 7.07. The van der Waals surface area contributed by atoms with E-state index in [1.54, 1.807) is 27.8 Å². The van der Waals surface area contributed by atoms with Crippen LogP contribution in [0.2, 0.25) is 0 Å². The van der Waals surface area contributed by atoms with Crippen molar-refractivity contribution < 1.29 is 8.42 Å². The molecular weight excluding hydrogens is 473 g/mol. The third kappa shape index (κ3) is 6.07. The quantitative estimate of drug-likeness (QED) is 0.369. The van der Waals surface area contributed by atoms with Gasteiger partial charge in [-0.25, -0.2) is 8.42 Å². The normalized spacial score (nSPS) is 13.7. The summed E-state index contributed by atoms with van der Waals surface area (Å²) in [6.07, 6.45) is 0. The molecule has 150 valence electrons. The summed E-state index contributed by atoms with van der Waals surface area (Å²) < 4.78 is 23.7. The lowest BCUT2D eigenvalue weighted by atomic mass is 10.00. The van der Waals surface area contributed by atoms with E-state index < -0.39 is 14.6 Å². The number of sulfone groups is 1. The Morgan fingerprint density at radius 1 is 1.11 bits per heavy atom. The largest absolute Gasteiger partial charge is 0.355 e. The molecule has 0 saturated carbocycles. The van der Waals surface area contributed by atoms with Crippen molar-refractivity contribution in [3.63, 3.8) is 0 Å². The summed E-state index contributed by atoms with van der Waals surface area (Å²) in [6, 6.07) is 14.5. The Bertz CT molecular complexity index is 884. The van der Waals surface area contributed by atoms with Gasteiger partial charge in [-0.2, -0.15) is 0 Å². The molecule has 1 unspecified atom stereocenters. The first kappa shape index (κ1) is 23.7. The number of guanidine groups is 1. The second-order valence-corrected chi connectivity index (χ2v) is 10.2. The summed E-state index contributed by atoms with van der Waals surface area (Å²) in [5, 5.41) is 8.84. The highest BCUT2D eigenvalue weighted by Gasteiger charge is 2.28. The minimum atomic E-state index is -3.16. The predicted octanol–water partition coefficient (Wildman–Crippen LogP) is 3.90. The Balaban J connectivity index is 0.00000364. The van der Waals surface area contributed by atoms with Gasteiger partial charge in [0.05, 0.1) is 16.5 Å². The molecule has 1 atom stereocenters. The van der Waals surface area contributed by atoms with Crippen LogP contribution in [0.25, 0.3) is 10.8 Å². The molecule has 0 aliphatic rings.